The fourth-order valence-corrected chi connectivity index (χ4v) is 1.57. The van der Waals surface area contributed by atoms with E-state index in [-0.39, 0.29) is 30.3 Å². The van der Waals surface area contributed by atoms with Crippen LogP contribution in [-0.2, 0) is 28.6 Å². The van der Waals surface area contributed by atoms with E-state index >= 15 is 0 Å². The summed E-state index contributed by atoms with van der Waals surface area (Å²) in [5.74, 6) is -3.13. The Balaban J connectivity index is 5.07. The van der Waals surface area contributed by atoms with Gasteiger partial charge in [0, 0.05) is 5.57 Å². The van der Waals surface area contributed by atoms with Crippen LogP contribution in [0.4, 0.5) is 0 Å². The molecule has 0 aliphatic heterocycles. The monoisotopic (exact) mass is 314 g/mol. The minimum Gasteiger partial charge on any atom is -0.463 e. The summed E-state index contributed by atoms with van der Waals surface area (Å²) in [6, 6.07) is 0. The maximum absolute atomic E-state index is 12.1. The molecule has 0 aliphatic carbocycles. The van der Waals surface area contributed by atoms with Crippen molar-refractivity contribution in [2.24, 2.45) is 5.92 Å². The van der Waals surface area contributed by atoms with E-state index in [1.54, 1.807) is 41.5 Å². The van der Waals surface area contributed by atoms with Crippen LogP contribution in [0.5, 0.6) is 0 Å². The molecule has 6 nitrogen and oxygen atoms in total. The van der Waals surface area contributed by atoms with E-state index in [1.807, 2.05) is 0 Å². The molecule has 0 saturated heterocycles. The minimum absolute atomic E-state index is 0.111. The van der Waals surface area contributed by atoms with Gasteiger partial charge in [-0.15, -0.1) is 0 Å². The fraction of sp³-hybridized carbons (Fsp3) is 0.688. The van der Waals surface area contributed by atoms with Crippen LogP contribution in [0, 0.1) is 5.92 Å². The molecule has 0 fully saturated rings. The first kappa shape index (κ1) is 20.1. The molecular formula is C16H26O6. The summed E-state index contributed by atoms with van der Waals surface area (Å²) < 4.78 is 15.1. The van der Waals surface area contributed by atoms with Gasteiger partial charge in [0.25, 0.3) is 0 Å². The predicted molar refractivity (Wildman–Crippen MR) is 80.9 cm³/mol. The lowest BCUT2D eigenvalue weighted by Gasteiger charge is -2.20. The molecule has 1 atom stereocenters. The lowest BCUT2D eigenvalue weighted by molar-refractivity contribution is -0.159. The van der Waals surface area contributed by atoms with Gasteiger partial charge in [0.15, 0.2) is 0 Å². The number of esters is 3. The smallest absolute Gasteiger partial charge is 0.334 e. The van der Waals surface area contributed by atoms with Gasteiger partial charge in [0.05, 0.1) is 30.7 Å². The van der Waals surface area contributed by atoms with E-state index < -0.39 is 23.8 Å². The van der Waals surface area contributed by atoms with Gasteiger partial charge in [0.1, 0.15) is 0 Å². The van der Waals surface area contributed by atoms with Crippen molar-refractivity contribution in [3.63, 3.8) is 0 Å². The van der Waals surface area contributed by atoms with Crippen LogP contribution in [0.2, 0.25) is 0 Å². The Labute approximate surface area is 131 Å². The van der Waals surface area contributed by atoms with E-state index in [0.717, 1.165) is 0 Å². The molecule has 0 aliphatic rings. The highest BCUT2D eigenvalue weighted by molar-refractivity contribution is 5.96. The zero-order valence-corrected chi connectivity index (χ0v) is 14.2. The van der Waals surface area contributed by atoms with Crippen molar-refractivity contribution >= 4 is 17.9 Å². The van der Waals surface area contributed by atoms with Gasteiger partial charge >= 0.3 is 17.9 Å². The number of rotatable bonds is 8. The molecule has 22 heavy (non-hydrogen) atoms. The average Bonchev–Trinajstić information content (AvgIpc) is 2.32. The Morgan fingerprint density at radius 3 is 1.68 bits per heavy atom. The Kier molecular flexibility index (Phi) is 8.45. The Morgan fingerprint density at radius 1 is 0.818 bits per heavy atom. The molecule has 0 amide bonds. The second-order valence-corrected chi connectivity index (χ2v) is 5.76. The van der Waals surface area contributed by atoms with Crippen molar-refractivity contribution in [2.75, 3.05) is 0 Å². The summed E-state index contributed by atoms with van der Waals surface area (Å²) >= 11 is 0. The second-order valence-electron chi connectivity index (χ2n) is 5.76. The molecule has 0 aromatic heterocycles. The van der Waals surface area contributed by atoms with E-state index in [9.17, 15) is 14.4 Å². The number of ether oxygens (including phenoxy) is 3. The van der Waals surface area contributed by atoms with Crippen LogP contribution in [0.3, 0.4) is 0 Å². The first-order valence-electron chi connectivity index (χ1n) is 7.34. The Morgan fingerprint density at radius 2 is 1.27 bits per heavy atom. The highest BCUT2D eigenvalue weighted by Crippen LogP contribution is 2.20. The molecule has 6 heteroatoms. The highest BCUT2D eigenvalue weighted by atomic mass is 16.6. The summed E-state index contributed by atoms with van der Waals surface area (Å²) in [6.45, 7) is 13.7. The van der Waals surface area contributed by atoms with Crippen LogP contribution in [0.15, 0.2) is 12.2 Å². The van der Waals surface area contributed by atoms with Gasteiger partial charge in [-0.2, -0.15) is 0 Å². The van der Waals surface area contributed by atoms with Gasteiger partial charge in [-0.25, -0.2) is 4.79 Å². The molecule has 0 aromatic rings. The molecule has 0 heterocycles. The highest BCUT2D eigenvalue weighted by Gasteiger charge is 2.32. The van der Waals surface area contributed by atoms with Gasteiger partial charge < -0.3 is 14.2 Å². The lowest BCUT2D eigenvalue weighted by atomic mass is 9.96. The molecule has 0 N–H and O–H groups in total. The van der Waals surface area contributed by atoms with Crippen LogP contribution in [-0.4, -0.2) is 36.2 Å². The van der Waals surface area contributed by atoms with Crippen molar-refractivity contribution < 1.29 is 28.6 Å². The largest absolute Gasteiger partial charge is 0.463 e. The quantitative estimate of drug-likeness (QED) is 0.389. The van der Waals surface area contributed by atoms with Crippen LogP contribution >= 0.6 is 0 Å². The van der Waals surface area contributed by atoms with Crippen molar-refractivity contribution in [1.82, 2.24) is 0 Å². The van der Waals surface area contributed by atoms with Gasteiger partial charge in [-0.1, -0.05) is 6.58 Å². The third kappa shape index (κ3) is 7.81. The summed E-state index contributed by atoms with van der Waals surface area (Å²) in [5, 5.41) is 0. The molecule has 0 rings (SSSR count). The number of hydrogen-bond acceptors (Lipinski definition) is 6. The third-order valence-electron chi connectivity index (χ3n) is 2.40. The van der Waals surface area contributed by atoms with Crippen LogP contribution < -0.4 is 0 Å². The topological polar surface area (TPSA) is 78.9 Å². The van der Waals surface area contributed by atoms with Crippen LogP contribution in [0.1, 0.15) is 48.0 Å². The average molecular weight is 314 g/mol. The summed E-state index contributed by atoms with van der Waals surface area (Å²) in [6.07, 6.45) is -1.35. The van der Waals surface area contributed by atoms with Gasteiger partial charge in [-0.05, 0) is 41.5 Å². The lowest BCUT2D eigenvalue weighted by Crippen LogP contribution is -2.30. The zero-order valence-electron chi connectivity index (χ0n) is 14.2. The van der Waals surface area contributed by atoms with Gasteiger partial charge in [0.2, 0.25) is 0 Å². The van der Waals surface area contributed by atoms with E-state index in [2.05, 4.69) is 6.58 Å². The van der Waals surface area contributed by atoms with E-state index in [1.165, 1.54) is 0 Å². The molecule has 0 radical (unpaired) electrons. The molecule has 0 saturated carbocycles. The minimum atomic E-state index is -1.11. The zero-order chi connectivity index (χ0) is 17.4. The predicted octanol–water partition coefficient (Wildman–Crippen LogP) is 2.40. The van der Waals surface area contributed by atoms with Gasteiger partial charge in [-0.3, -0.25) is 9.59 Å². The number of carbonyl (C=O) groups excluding carboxylic acids is 3. The number of carbonyl (C=O) groups is 3. The normalized spacial score (nSPS) is 12.2. The van der Waals surface area contributed by atoms with Crippen molar-refractivity contribution in [1.29, 1.82) is 0 Å². The third-order valence-corrected chi connectivity index (χ3v) is 2.40. The van der Waals surface area contributed by atoms with Crippen molar-refractivity contribution in [2.45, 2.75) is 66.3 Å². The van der Waals surface area contributed by atoms with Crippen molar-refractivity contribution in [3.05, 3.63) is 12.2 Å². The SMILES string of the molecule is C=C(C(=O)OC(C)C)C(CC(=O)OC(C)C)C(=O)OC(C)C. The molecule has 0 spiro atoms. The summed E-state index contributed by atoms with van der Waals surface area (Å²) in [5.41, 5.74) is -0.111. The maximum atomic E-state index is 12.1. The first-order chi connectivity index (χ1) is 10.0. The van der Waals surface area contributed by atoms with Crippen molar-refractivity contribution in [3.8, 4) is 0 Å². The summed E-state index contributed by atoms with van der Waals surface area (Å²) in [7, 11) is 0. The number of hydrogen-bond donors (Lipinski definition) is 0. The molecular weight excluding hydrogens is 288 g/mol. The standard InChI is InChI=1S/C16H26O6/c1-9(2)20-14(17)8-13(16(19)22-11(5)6)12(7)15(18)21-10(3)4/h9-11,13H,7-8H2,1-6H3. The summed E-state index contributed by atoms with van der Waals surface area (Å²) in [4.78, 5) is 35.8. The first-order valence-corrected chi connectivity index (χ1v) is 7.34. The fourth-order valence-electron chi connectivity index (χ4n) is 1.57. The Bertz CT molecular complexity index is 422. The molecule has 1 unspecified atom stereocenters. The Hall–Kier alpha value is -1.85. The van der Waals surface area contributed by atoms with E-state index in [4.69, 9.17) is 14.2 Å². The van der Waals surface area contributed by atoms with Crippen LogP contribution in [0.25, 0.3) is 0 Å². The molecule has 0 bridgehead atoms. The molecule has 0 aromatic carbocycles. The van der Waals surface area contributed by atoms with E-state index in [0.29, 0.717) is 0 Å². The second kappa shape index (κ2) is 9.23. The molecule has 126 valence electrons. The maximum Gasteiger partial charge on any atom is 0.334 e.